The van der Waals surface area contributed by atoms with Crippen LogP contribution in [0.25, 0.3) is 0 Å². The summed E-state index contributed by atoms with van der Waals surface area (Å²) >= 11 is 0. The molecule has 0 aromatic carbocycles. The summed E-state index contributed by atoms with van der Waals surface area (Å²) in [5.41, 5.74) is 8.74. The first-order valence-corrected chi connectivity index (χ1v) is 3.73. The van der Waals surface area contributed by atoms with Gasteiger partial charge in [0, 0.05) is 12.6 Å². The monoisotopic (exact) mass is 135 g/mol. The summed E-state index contributed by atoms with van der Waals surface area (Å²) in [6.45, 7) is 0.847. The molecule has 0 aromatic heterocycles. The summed E-state index contributed by atoms with van der Waals surface area (Å²) in [5, 5.41) is 0. The third-order valence-corrected chi connectivity index (χ3v) is 2.03. The van der Waals surface area contributed by atoms with E-state index in [1.807, 2.05) is 0 Å². The Balaban J connectivity index is 2.17. The Morgan fingerprint density at radius 2 is 2.50 bits per heavy atom. The van der Waals surface area contributed by atoms with Crippen LogP contribution in [0.5, 0.6) is 0 Å². The number of nitrogens with zero attached hydrogens (tertiary/aromatic N) is 1. The summed E-state index contributed by atoms with van der Waals surface area (Å²) in [4.78, 5) is 0. The van der Waals surface area contributed by atoms with Crippen LogP contribution in [0.15, 0.2) is 23.8 Å². The van der Waals surface area contributed by atoms with Crippen LogP contribution < -0.4 is 10.9 Å². The SMILES string of the molecule is C1=CCC2N[N]CC=C2C1. The van der Waals surface area contributed by atoms with Gasteiger partial charge in [-0.3, -0.25) is 0 Å². The van der Waals surface area contributed by atoms with Gasteiger partial charge in [-0.25, -0.2) is 5.43 Å². The third kappa shape index (κ3) is 1.00. The predicted octanol–water partition coefficient (Wildman–Crippen LogP) is 0.754. The number of fused-ring (bicyclic) bond motifs is 1. The minimum atomic E-state index is 0.513. The van der Waals surface area contributed by atoms with E-state index in [1.54, 1.807) is 0 Å². The zero-order valence-corrected chi connectivity index (χ0v) is 5.88. The molecule has 0 saturated carbocycles. The van der Waals surface area contributed by atoms with Crippen molar-refractivity contribution in [2.75, 3.05) is 6.54 Å². The third-order valence-electron chi connectivity index (χ3n) is 2.03. The molecular weight excluding hydrogens is 124 g/mol. The maximum absolute atomic E-state index is 4.10. The molecule has 0 bridgehead atoms. The van der Waals surface area contributed by atoms with Crippen LogP contribution in [0.3, 0.4) is 0 Å². The smallest absolute Gasteiger partial charge is 0.0488 e. The van der Waals surface area contributed by atoms with Gasteiger partial charge in [-0.1, -0.05) is 23.8 Å². The van der Waals surface area contributed by atoms with E-state index in [4.69, 9.17) is 0 Å². The maximum atomic E-state index is 4.10. The largest absolute Gasteiger partial charge is 0.232 e. The lowest BCUT2D eigenvalue weighted by Gasteiger charge is -2.25. The van der Waals surface area contributed by atoms with Gasteiger partial charge in [0.2, 0.25) is 0 Å². The average molecular weight is 135 g/mol. The molecule has 2 nitrogen and oxygen atoms in total. The highest BCUT2D eigenvalue weighted by molar-refractivity contribution is 5.22. The fraction of sp³-hybridized carbons (Fsp3) is 0.500. The number of allylic oxidation sites excluding steroid dienone is 1. The van der Waals surface area contributed by atoms with Crippen molar-refractivity contribution in [3.8, 4) is 0 Å². The van der Waals surface area contributed by atoms with Crippen LogP contribution in [0.2, 0.25) is 0 Å². The Morgan fingerprint density at radius 3 is 3.40 bits per heavy atom. The van der Waals surface area contributed by atoms with E-state index in [9.17, 15) is 0 Å². The Bertz CT molecular complexity index is 182. The molecule has 1 heterocycles. The van der Waals surface area contributed by atoms with E-state index in [-0.39, 0.29) is 0 Å². The van der Waals surface area contributed by atoms with Crippen molar-refractivity contribution in [3.05, 3.63) is 23.8 Å². The fourth-order valence-corrected chi connectivity index (χ4v) is 1.43. The molecule has 0 saturated heterocycles. The topological polar surface area (TPSA) is 26.1 Å². The van der Waals surface area contributed by atoms with Crippen LogP contribution in [0.4, 0.5) is 0 Å². The maximum Gasteiger partial charge on any atom is 0.0488 e. The zero-order chi connectivity index (χ0) is 6.81. The van der Waals surface area contributed by atoms with E-state index in [1.165, 1.54) is 5.57 Å². The highest BCUT2D eigenvalue weighted by Crippen LogP contribution is 2.18. The molecule has 1 unspecified atom stereocenters. The molecular formula is C8H11N2. The van der Waals surface area contributed by atoms with E-state index in [0.29, 0.717) is 6.04 Å². The minimum absolute atomic E-state index is 0.513. The van der Waals surface area contributed by atoms with Gasteiger partial charge in [-0.15, -0.1) is 0 Å². The number of hydrogen-bond donors (Lipinski definition) is 1. The Morgan fingerprint density at radius 1 is 1.50 bits per heavy atom. The molecule has 10 heavy (non-hydrogen) atoms. The number of hydrogen-bond acceptors (Lipinski definition) is 1. The predicted molar refractivity (Wildman–Crippen MR) is 40.4 cm³/mol. The van der Waals surface area contributed by atoms with Crippen molar-refractivity contribution in [1.29, 1.82) is 0 Å². The van der Waals surface area contributed by atoms with Crippen molar-refractivity contribution in [3.63, 3.8) is 0 Å². The van der Waals surface area contributed by atoms with Gasteiger partial charge in [0.1, 0.15) is 0 Å². The minimum Gasteiger partial charge on any atom is -0.232 e. The van der Waals surface area contributed by atoms with Crippen LogP contribution in [0.1, 0.15) is 12.8 Å². The second-order valence-corrected chi connectivity index (χ2v) is 2.71. The molecule has 2 aliphatic rings. The first-order valence-electron chi connectivity index (χ1n) is 3.73. The molecule has 1 radical (unpaired) electrons. The lowest BCUT2D eigenvalue weighted by atomic mass is 9.95. The lowest BCUT2D eigenvalue weighted by molar-refractivity contribution is 0.446. The molecule has 0 spiro atoms. The molecule has 1 aliphatic heterocycles. The van der Waals surface area contributed by atoms with Gasteiger partial charge >= 0.3 is 0 Å². The van der Waals surface area contributed by atoms with Gasteiger partial charge in [0.05, 0.1) is 0 Å². The normalized spacial score (nSPS) is 31.2. The summed E-state index contributed by atoms with van der Waals surface area (Å²) in [6.07, 6.45) is 8.90. The Labute approximate surface area is 61.0 Å². The van der Waals surface area contributed by atoms with Gasteiger partial charge in [0.25, 0.3) is 0 Å². The van der Waals surface area contributed by atoms with E-state index >= 15 is 0 Å². The molecule has 53 valence electrons. The highest BCUT2D eigenvalue weighted by Gasteiger charge is 2.17. The quantitative estimate of drug-likeness (QED) is 0.487. The molecule has 1 atom stereocenters. The Hall–Kier alpha value is -0.600. The van der Waals surface area contributed by atoms with Crippen molar-refractivity contribution < 1.29 is 0 Å². The van der Waals surface area contributed by atoms with Gasteiger partial charge in [-0.05, 0) is 12.8 Å². The average Bonchev–Trinajstić information content (AvgIpc) is 2.05. The van der Waals surface area contributed by atoms with Gasteiger partial charge in [-0.2, -0.15) is 5.43 Å². The molecule has 0 amide bonds. The second kappa shape index (κ2) is 2.56. The molecule has 0 aromatic rings. The number of rotatable bonds is 0. The van der Waals surface area contributed by atoms with Crippen LogP contribution in [-0.4, -0.2) is 12.6 Å². The molecule has 2 heteroatoms. The van der Waals surface area contributed by atoms with Crippen molar-refractivity contribution >= 4 is 0 Å². The summed E-state index contributed by atoms with van der Waals surface area (Å²) < 4.78 is 0. The van der Waals surface area contributed by atoms with Crippen LogP contribution >= 0.6 is 0 Å². The summed E-state index contributed by atoms with van der Waals surface area (Å²) in [7, 11) is 0. The van der Waals surface area contributed by atoms with Gasteiger partial charge < -0.3 is 0 Å². The van der Waals surface area contributed by atoms with E-state index in [0.717, 1.165) is 19.4 Å². The zero-order valence-electron chi connectivity index (χ0n) is 5.88. The van der Waals surface area contributed by atoms with Crippen LogP contribution in [0, 0.1) is 0 Å². The van der Waals surface area contributed by atoms with E-state index in [2.05, 4.69) is 29.1 Å². The standard InChI is InChI=1S/C8H11N2/c1-2-4-8-7(3-1)5-6-9-10-8/h1-2,5,8,10H,3-4,6H2. The fourth-order valence-electron chi connectivity index (χ4n) is 1.43. The van der Waals surface area contributed by atoms with Crippen molar-refractivity contribution in [1.82, 2.24) is 10.9 Å². The molecule has 0 fully saturated rings. The van der Waals surface area contributed by atoms with E-state index < -0.39 is 0 Å². The molecule has 1 N–H and O–H groups in total. The summed E-state index contributed by atoms with van der Waals surface area (Å²) in [5.74, 6) is 0. The first kappa shape index (κ1) is 6.13. The Kier molecular flexibility index (Phi) is 1.57. The van der Waals surface area contributed by atoms with Crippen molar-refractivity contribution in [2.45, 2.75) is 18.9 Å². The van der Waals surface area contributed by atoms with Crippen LogP contribution in [-0.2, 0) is 0 Å². The second-order valence-electron chi connectivity index (χ2n) is 2.71. The number of nitrogens with one attached hydrogen (secondary N) is 1. The first-order chi connectivity index (χ1) is 4.97. The summed E-state index contributed by atoms with van der Waals surface area (Å²) in [6, 6.07) is 0.513. The molecule has 2 rings (SSSR count). The molecule has 1 aliphatic carbocycles. The van der Waals surface area contributed by atoms with Crippen molar-refractivity contribution in [2.24, 2.45) is 0 Å². The highest BCUT2D eigenvalue weighted by atomic mass is 15.4. The van der Waals surface area contributed by atoms with Gasteiger partial charge in [0.15, 0.2) is 0 Å². The lowest BCUT2D eigenvalue weighted by Crippen LogP contribution is -2.41.